The average Bonchev–Trinajstić information content (AvgIpc) is 2.91. The summed E-state index contributed by atoms with van der Waals surface area (Å²) in [6, 6.07) is 2.03. The molecule has 2 fully saturated rings. The van der Waals surface area contributed by atoms with Crippen LogP contribution in [0.15, 0.2) is 29.0 Å². The fraction of sp³-hybridized carbons (Fsp3) is 0.567. The van der Waals surface area contributed by atoms with Crippen LogP contribution < -0.4 is 11.1 Å². The number of rotatable bonds is 4. The number of amides is 1. The molecule has 1 saturated heterocycles. The maximum absolute atomic E-state index is 14.5. The number of carbonyl (C=O) groups is 3. The van der Waals surface area contributed by atoms with Crippen molar-refractivity contribution in [3.63, 3.8) is 0 Å². The number of ketones is 2. The third-order valence-electron chi connectivity index (χ3n) is 10.5. The minimum atomic E-state index is -3.01. The van der Waals surface area contributed by atoms with Crippen LogP contribution in [-0.4, -0.2) is 111 Å². The van der Waals surface area contributed by atoms with Crippen LogP contribution in [0.5, 0.6) is 5.75 Å². The number of aromatic hydroxyl groups is 1. The van der Waals surface area contributed by atoms with Gasteiger partial charge in [-0.2, -0.15) is 0 Å². The molecule has 3 aliphatic carbocycles. The Morgan fingerprint density at radius 1 is 1.12 bits per heavy atom. The highest BCUT2D eigenvalue weighted by Gasteiger charge is 2.77. The molecular weight excluding hydrogens is 544 g/mol. The first-order valence-corrected chi connectivity index (χ1v) is 14.1. The van der Waals surface area contributed by atoms with E-state index in [4.69, 9.17) is 5.73 Å². The quantitative estimate of drug-likeness (QED) is 0.195. The number of benzene rings is 1. The number of anilines is 1. The number of piperidine rings is 1. The van der Waals surface area contributed by atoms with Crippen molar-refractivity contribution in [1.82, 2.24) is 9.80 Å². The van der Waals surface area contributed by atoms with Crippen molar-refractivity contribution in [3.8, 4) is 5.75 Å². The Balaban J connectivity index is 1.75. The zero-order chi connectivity index (χ0) is 31.3. The number of primary amides is 1. The topological polar surface area (TPSA) is 197 Å². The van der Waals surface area contributed by atoms with Gasteiger partial charge in [-0.05, 0) is 64.6 Å². The van der Waals surface area contributed by atoms with Crippen LogP contribution >= 0.6 is 0 Å². The molecule has 1 saturated carbocycles. The van der Waals surface area contributed by atoms with Crippen molar-refractivity contribution in [2.24, 2.45) is 16.6 Å². The maximum Gasteiger partial charge on any atom is 0.255 e. The minimum absolute atomic E-state index is 0.0321. The van der Waals surface area contributed by atoms with Crippen LogP contribution in [0.1, 0.15) is 50.7 Å². The lowest BCUT2D eigenvalue weighted by atomic mass is 9.42. The Labute approximate surface area is 244 Å². The van der Waals surface area contributed by atoms with Crippen LogP contribution in [0.4, 0.5) is 5.69 Å². The number of likely N-dealkylation sites (N-methyl/N-ethyl adjacent to an activating group) is 1. The first-order valence-electron chi connectivity index (χ1n) is 14.1. The van der Waals surface area contributed by atoms with E-state index >= 15 is 0 Å². The van der Waals surface area contributed by atoms with Gasteiger partial charge in [0.15, 0.2) is 11.4 Å². The molecule has 5 rings (SSSR count). The molecule has 0 bridgehead atoms. The zero-order valence-electron chi connectivity index (χ0n) is 24.7. The average molecular weight is 585 g/mol. The van der Waals surface area contributed by atoms with E-state index in [1.54, 1.807) is 26.0 Å². The fourth-order valence-electron chi connectivity index (χ4n) is 8.02. The molecule has 1 aromatic carbocycles. The molecule has 1 amide bonds. The van der Waals surface area contributed by atoms with Gasteiger partial charge >= 0.3 is 0 Å². The minimum Gasteiger partial charge on any atom is -0.508 e. The number of likely N-dealkylation sites (tertiary alicyclic amines) is 1. The van der Waals surface area contributed by atoms with Crippen LogP contribution in [0.25, 0.3) is 5.76 Å². The number of aliphatic hydroxyl groups is 4. The molecule has 12 nitrogen and oxygen atoms in total. The van der Waals surface area contributed by atoms with Gasteiger partial charge in [0.05, 0.1) is 34.4 Å². The van der Waals surface area contributed by atoms with Gasteiger partial charge in [-0.1, -0.05) is 26.8 Å². The molecular formula is C30H40N4O8. The van der Waals surface area contributed by atoms with Crippen molar-refractivity contribution in [2.45, 2.75) is 63.3 Å². The number of hydrogen-bond acceptors (Lipinski definition) is 11. The molecule has 8 N–H and O–H groups in total. The van der Waals surface area contributed by atoms with Crippen molar-refractivity contribution < 1.29 is 39.9 Å². The molecule has 12 heteroatoms. The number of hydrogen-bond donors (Lipinski definition) is 7. The third-order valence-corrected chi connectivity index (χ3v) is 10.5. The third kappa shape index (κ3) is 3.52. The van der Waals surface area contributed by atoms with Gasteiger partial charge < -0.3 is 41.5 Å². The molecule has 1 aliphatic heterocycles. The summed E-state index contributed by atoms with van der Waals surface area (Å²) in [4.78, 5) is 43.9. The Morgan fingerprint density at radius 3 is 2.26 bits per heavy atom. The van der Waals surface area contributed by atoms with Gasteiger partial charge in [0.1, 0.15) is 22.8 Å². The highest BCUT2D eigenvalue weighted by molar-refractivity contribution is 6.25. The summed E-state index contributed by atoms with van der Waals surface area (Å²) in [6.07, 6.45) is -0.0467. The second-order valence-corrected chi connectivity index (χ2v) is 12.9. The lowest BCUT2D eigenvalue weighted by Crippen LogP contribution is -2.78. The largest absolute Gasteiger partial charge is 0.508 e. The summed E-state index contributed by atoms with van der Waals surface area (Å²) >= 11 is 0. The summed E-state index contributed by atoms with van der Waals surface area (Å²) in [5.74, 6) is -6.45. The van der Waals surface area contributed by atoms with Crippen molar-refractivity contribution in [3.05, 3.63) is 40.2 Å². The standard InChI is InChI=1S/C30H40N4O8/c1-13-15-7-8-16(32-14-9-11-34(6)12-10-14)20(35)17(15)21(36)19-25(39)30(42)24(38)18(26(31)40)22(37)23(33(4)5)29(30,3)27(41)28(13,19)2/h7-8,13-14,23,27,32,35-36,38,41-42H,9-12H2,1-6H3,(H2,31,40)/t13-,23+,27-,28+,29+,30+/m0/s1. The van der Waals surface area contributed by atoms with Gasteiger partial charge in [0.2, 0.25) is 5.78 Å². The SMILES string of the molecule is C[C@H]1c2ccc(NC3CCN(C)CC3)c(O)c2C(O)=C2C(=O)[C@]3(O)C(O)=C(C(N)=O)C(=O)[C@@H](N(C)C)[C@]3(C)[C@@H](O)[C@@]21C. The first kappa shape index (κ1) is 30.0. The van der Waals surface area contributed by atoms with E-state index in [1.807, 2.05) is 7.05 Å². The molecule has 0 unspecified atom stereocenters. The smallest absolute Gasteiger partial charge is 0.255 e. The summed E-state index contributed by atoms with van der Waals surface area (Å²) in [7, 11) is 4.99. The predicted molar refractivity (Wildman–Crippen MR) is 154 cm³/mol. The number of nitrogens with zero attached hydrogens (tertiary/aromatic N) is 2. The summed E-state index contributed by atoms with van der Waals surface area (Å²) in [6.45, 7) is 6.32. The van der Waals surface area contributed by atoms with Gasteiger partial charge in [0.25, 0.3) is 5.91 Å². The number of Topliss-reactive ketones (excluding diaryl/α,β-unsaturated/α-hetero) is 2. The van der Waals surface area contributed by atoms with Crippen molar-refractivity contribution in [1.29, 1.82) is 0 Å². The molecule has 228 valence electrons. The lowest BCUT2D eigenvalue weighted by molar-refractivity contribution is -0.211. The number of carbonyl (C=O) groups excluding carboxylic acids is 3. The van der Waals surface area contributed by atoms with Gasteiger partial charge in [-0.3, -0.25) is 19.3 Å². The van der Waals surface area contributed by atoms with E-state index < -0.39 is 74.6 Å². The van der Waals surface area contributed by atoms with E-state index in [-0.39, 0.29) is 17.4 Å². The molecule has 0 radical (unpaired) electrons. The number of aliphatic hydroxyl groups excluding tert-OH is 3. The normalized spacial score (nSPS) is 35.7. The number of nitrogens with two attached hydrogens (primary N) is 1. The van der Waals surface area contributed by atoms with Crippen LogP contribution in [0, 0.1) is 10.8 Å². The maximum atomic E-state index is 14.5. The van der Waals surface area contributed by atoms with E-state index in [2.05, 4.69) is 10.2 Å². The van der Waals surface area contributed by atoms with Crippen molar-refractivity contribution in [2.75, 3.05) is 39.5 Å². The van der Waals surface area contributed by atoms with Gasteiger partial charge in [-0.25, -0.2) is 0 Å². The second kappa shape index (κ2) is 9.53. The Bertz CT molecular complexity index is 1460. The zero-order valence-corrected chi connectivity index (χ0v) is 24.7. The Morgan fingerprint density at radius 2 is 1.71 bits per heavy atom. The highest BCUT2D eigenvalue weighted by atomic mass is 16.4. The van der Waals surface area contributed by atoms with E-state index in [1.165, 1.54) is 25.9 Å². The number of phenolic OH excluding ortho intramolecular Hbond substituents is 1. The highest BCUT2D eigenvalue weighted by Crippen LogP contribution is 2.66. The first-order chi connectivity index (χ1) is 19.5. The molecule has 1 heterocycles. The van der Waals surface area contributed by atoms with Crippen LogP contribution in [0.2, 0.25) is 0 Å². The molecule has 42 heavy (non-hydrogen) atoms. The van der Waals surface area contributed by atoms with E-state index in [0.29, 0.717) is 11.3 Å². The number of phenols is 1. The fourth-order valence-corrected chi connectivity index (χ4v) is 8.02. The molecule has 6 atom stereocenters. The molecule has 1 aromatic rings. The predicted octanol–water partition coefficient (Wildman–Crippen LogP) is 0.782. The van der Waals surface area contributed by atoms with E-state index in [0.717, 1.165) is 25.9 Å². The van der Waals surface area contributed by atoms with Crippen molar-refractivity contribution >= 4 is 28.9 Å². The summed E-state index contributed by atoms with van der Waals surface area (Å²) in [5.41, 5.74) is -1.88. The van der Waals surface area contributed by atoms with Crippen LogP contribution in [0.3, 0.4) is 0 Å². The Hall–Kier alpha value is -3.45. The monoisotopic (exact) mass is 584 g/mol. The van der Waals surface area contributed by atoms with Gasteiger partial charge in [-0.15, -0.1) is 0 Å². The lowest BCUT2D eigenvalue weighted by Gasteiger charge is -2.63. The summed E-state index contributed by atoms with van der Waals surface area (Å²) < 4.78 is 0. The summed E-state index contributed by atoms with van der Waals surface area (Å²) in [5, 5.41) is 62.0. The molecule has 0 spiro atoms. The number of fused-ring (bicyclic) bond motifs is 3. The van der Waals surface area contributed by atoms with E-state index in [9.17, 15) is 39.9 Å². The molecule has 0 aromatic heterocycles. The Kier molecular flexibility index (Phi) is 6.81. The number of nitrogens with one attached hydrogen (secondary N) is 1. The van der Waals surface area contributed by atoms with Crippen LogP contribution in [-0.2, 0) is 14.4 Å². The van der Waals surface area contributed by atoms with Gasteiger partial charge in [0, 0.05) is 11.5 Å². The second-order valence-electron chi connectivity index (χ2n) is 12.9. The molecule has 4 aliphatic rings.